The number of hydrogen-bond acceptors (Lipinski definition) is 4. The van der Waals surface area contributed by atoms with Crippen LogP contribution in [-0.4, -0.2) is 0 Å². The zero-order chi connectivity index (χ0) is 36.7. The van der Waals surface area contributed by atoms with Gasteiger partial charge >= 0.3 is 0 Å². The van der Waals surface area contributed by atoms with Crippen LogP contribution in [0.15, 0.2) is 197 Å². The second-order valence-electron chi connectivity index (χ2n) is 14.4. The van der Waals surface area contributed by atoms with E-state index >= 15 is 0 Å². The number of para-hydroxylation sites is 2. The molecule has 12 rings (SSSR count). The molecule has 0 aliphatic rings. The van der Waals surface area contributed by atoms with Gasteiger partial charge in [-0.15, -0.1) is 11.3 Å². The first-order valence-electron chi connectivity index (χ1n) is 18.9. The van der Waals surface area contributed by atoms with Gasteiger partial charge in [-0.25, -0.2) is 0 Å². The number of anilines is 3. The zero-order valence-electron chi connectivity index (χ0n) is 30.1. The van der Waals surface area contributed by atoms with Crippen molar-refractivity contribution in [2.75, 3.05) is 4.90 Å². The molecule has 0 saturated carbocycles. The van der Waals surface area contributed by atoms with Gasteiger partial charge in [-0.2, -0.15) is 0 Å². The van der Waals surface area contributed by atoms with Crippen molar-refractivity contribution < 1.29 is 8.83 Å². The van der Waals surface area contributed by atoms with Crippen molar-refractivity contribution in [1.29, 1.82) is 0 Å². The monoisotopic (exact) mass is 733 g/mol. The van der Waals surface area contributed by atoms with E-state index in [0.29, 0.717) is 0 Å². The normalized spacial score (nSPS) is 11.9. The summed E-state index contributed by atoms with van der Waals surface area (Å²) in [5.74, 6) is 0. The number of thiophene rings is 1. The summed E-state index contributed by atoms with van der Waals surface area (Å²) in [4.78, 5) is 2.29. The van der Waals surface area contributed by atoms with E-state index in [4.69, 9.17) is 8.83 Å². The van der Waals surface area contributed by atoms with Crippen molar-refractivity contribution >= 4 is 103 Å². The largest absolute Gasteiger partial charge is 0.456 e. The van der Waals surface area contributed by atoms with Crippen molar-refractivity contribution in [2.24, 2.45) is 0 Å². The van der Waals surface area contributed by atoms with Crippen LogP contribution in [0.1, 0.15) is 0 Å². The van der Waals surface area contributed by atoms with E-state index in [9.17, 15) is 0 Å². The van der Waals surface area contributed by atoms with E-state index in [0.717, 1.165) is 66.7 Å². The van der Waals surface area contributed by atoms with Crippen LogP contribution in [0.2, 0.25) is 0 Å². The van der Waals surface area contributed by atoms with Crippen molar-refractivity contribution in [2.45, 2.75) is 0 Å². The van der Waals surface area contributed by atoms with Gasteiger partial charge in [-0.1, -0.05) is 121 Å². The molecular weight excluding hydrogens is 703 g/mol. The van der Waals surface area contributed by atoms with E-state index in [1.165, 1.54) is 47.5 Å². The fraction of sp³-hybridized carbons (Fsp3) is 0. The second-order valence-corrected chi connectivity index (χ2v) is 15.5. The maximum absolute atomic E-state index is 6.60. The summed E-state index contributed by atoms with van der Waals surface area (Å²) in [6, 6.07) is 67.1. The predicted molar refractivity (Wildman–Crippen MR) is 237 cm³/mol. The van der Waals surface area contributed by atoms with Crippen LogP contribution in [0.25, 0.3) is 97.1 Å². The Morgan fingerprint density at radius 1 is 0.375 bits per heavy atom. The van der Waals surface area contributed by atoms with Gasteiger partial charge in [-0.3, -0.25) is 0 Å². The molecule has 3 aromatic heterocycles. The van der Waals surface area contributed by atoms with Crippen LogP contribution < -0.4 is 4.90 Å². The number of benzene rings is 9. The van der Waals surface area contributed by atoms with Crippen molar-refractivity contribution in [3.05, 3.63) is 188 Å². The Kier molecular flexibility index (Phi) is 6.80. The predicted octanol–water partition coefficient (Wildman–Crippen LogP) is 15.8. The fourth-order valence-corrected chi connectivity index (χ4v) is 9.81. The third-order valence-electron chi connectivity index (χ3n) is 11.3. The molecule has 0 saturated heterocycles. The molecule has 56 heavy (non-hydrogen) atoms. The Bertz CT molecular complexity index is 3460. The summed E-state index contributed by atoms with van der Waals surface area (Å²) in [6.07, 6.45) is 0. The number of rotatable bonds is 5. The zero-order valence-corrected chi connectivity index (χ0v) is 30.9. The lowest BCUT2D eigenvalue weighted by Gasteiger charge is -2.25. The molecule has 0 aliphatic carbocycles. The Hall–Kier alpha value is -7.14. The topological polar surface area (TPSA) is 29.5 Å². The number of nitrogens with zero attached hydrogens (tertiary/aromatic N) is 1. The van der Waals surface area contributed by atoms with Crippen LogP contribution in [0.4, 0.5) is 17.1 Å². The van der Waals surface area contributed by atoms with Crippen LogP contribution >= 0.6 is 11.3 Å². The number of furan rings is 2. The molecule has 0 radical (unpaired) electrons. The van der Waals surface area contributed by atoms with Gasteiger partial charge in [0.1, 0.15) is 16.7 Å². The number of hydrogen-bond donors (Lipinski definition) is 0. The lowest BCUT2D eigenvalue weighted by molar-refractivity contribution is 0.669. The van der Waals surface area contributed by atoms with Gasteiger partial charge in [0.15, 0.2) is 5.58 Å². The molecule has 3 nitrogen and oxygen atoms in total. The molecule has 9 aromatic carbocycles. The molecule has 262 valence electrons. The maximum Gasteiger partial charge on any atom is 0.153 e. The Morgan fingerprint density at radius 3 is 1.86 bits per heavy atom. The molecule has 4 heteroatoms. The SMILES string of the molecule is c1ccc(N(c2ccc(-c3ccc(-c4cc5c6ccccc6sc5c5oc6ccccc6c45)cc3)cc2)c2ccc3c(c2)oc2ccc4ccccc4c23)cc1. The number of fused-ring (bicyclic) bond motifs is 12. The summed E-state index contributed by atoms with van der Waals surface area (Å²) < 4.78 is 15.6. The molecule has 0 fully saturated rings. The maximum atomic E-state index is 6.60. The minimum absolute atomic E-state index is 0.874. The highest BCUT2D eigenvalue weighted by atomic mass is 32.1. The molecule has 0 amide bonds. The van der Waals surface area contributed by atoms with Gasteiger partial charge in [0.2, 0.25) is 0 Å². The van der Waals surface area contributed by atoms with Gasteiger partial charge in [0.25, 0.3) is 0 Å². The first kappa shape index (κ1) is 31.2. The standard InChI is InChI=1S/C52H31NO2S/c1-2-11-36(12-3-1)53(38-27-28-42-47(30-38)54-46-29-24-34-10-4-5-13-39(34)49(42)46)37-25-22-33(23-26-37)32-18-20-35(21-19-32)43-31-44-40-14-7-9-17-48(40)56-52(44)51-50(43)41-15-6-8-16-45(41)55-51/h1-31H. The first-order chi connectivity index (χ1) is 27.7. The van der Waals surface area contributed by atoms with Crippen LogP contribution in [0, 0.1) is 0 Å². The summed E-state index contributed by atoms with van der Waals surface area (Å²) in [5, 5.41) is 9.53. The Balaban J connectivity index is 0.931. The van der Waals surface area contributed by atoms with Gasteiger partial charge in [-0.05, 0) is 93.7 Å². The lowest BCUT2D eigenvalue weighted by Crippen LogP contribution is -2.09. The van der Waals surface area contributed by atoms with Gasteiger partial charge < -0.3 is 13.7 Å². The summed E-state index contributed by atoms with van der Waals surface area (Å²) >= 11 is 1.81. The third kappa shape index (κ3) is 4.76. The Labute approximate surface area is 325 Å². The first-order valence-corrected chi connectivity index (χ1v) is 19.7. The van der Waals surface area contributed by atoms with E-state index in [1.807, 2.05) is 17.4 Å². The van der Waals surface area contributed by atoms with E-state index in [1.54, 1.807) is 0 Å². The molecule has 0 atom stereocenters. The molecule has 0 aliphatic heterocycles. The average Bonchev–Trinajstić information content (AvgIpc) is 3.96. The smallest absolute Gasteiger partial charge is 0.153 e. The van der Waals surface area contributed by atoms with E-state index < -0.39 is 0 Å². The van der Waals surface area contributed by atoms with Gasteiger partial charge in [0, 0.05) is 60.1 Å². The molecule has 0 unspecified atom stereocenters. The molecule has 0 bridgehead atoms. The molecule has 12 aromatic rings. The molecular formula is C52H31NO2S. The highest BCUT2D eigenvalue weighted by Gasteiger charge is 2.20. The van der Waals surface area contributed by atoms with Crippen LogP contribution in [0.3, 0.4) is 0 Å². The summed E-state index contributed by atoms with van der Waals surface area (Å²) in [6.45, 7) is 0. The van der Waals surface area contributed by atoms with Gasteiger partial charge in [0.05, 0.1) is 4.70 Å². The second kappa shape index (κ2) is 12.2. The van der Waals surface area contributed by atoms with Crippen molar-refractivity contribution in [3.8, 4) is 22.3 Å². The molecule has 0 spiro atoms. The highest BCUT2D eigenvalue weighted by Crippen LogP contribution is 2.47. The van der Waals surface area contributed by atoms with Crippen molar-refractivity contribution in [1.82, 2.24) is 0 Å². The van der Waals surface area contributed by atoms with E-state index in [-0.39, 0.29) is 0 Å². The summed E-state index contributed by atoms with van der Waals surface area (Å²) in [7, 11) is 0. The molecule has 0 N–H and O–H groups in total. The summed E-state index contributed by atoms with van der Waals surface area (Å²) in [5.41, 5.74) is 11.5. The minimum atomic E-state index is 0.874. The van der Waals surface area contributed by atoms with Crippen molar-refractivity contribution in [3.63, 3.8) is 0 Å². The quantitative estimate of drug-likeness (QED) is 0.176. The minimum Gasteiger partial charge on any atom is -0.456 e. The highest BCUT2D eigenvalue weighted by molar-refractivity contribution is 7.26. The van der Waals surface area contributed by atoms with Crippen LogP contribution in [-0.2, 0) is 0 Å². The molecule has 3 heterocycles. The third-order valence-corrected chi connectivity index (χ3v) is 12.5. The van der Waals surface area contributed by atoms with E-state index in [2.05, 4.69) is 187 Å². The Morgan fingerprint density at radius 2 is 1.02 bits per heavy atom. The fourth-order valence-electron chi connectivity index (χ4n) is 8.64. The average molecular weight is 734 g/mol. The lowest BCUT2D eigenvalue weighted by atomic mass is 9.95. The van der Waals surface area contributed by atoms with Crippen LogP contribution in [0.5, 0.6) is 0 Å².